The number of carboxylic acids is 1. The van der Waals surface area contributed by atoms with Crippen molar-refractivity contribution in [1.29, 1.82) is 0 Å². The van der Waals surface area contributed by atoms with Crippen molar-refractivity contribution >= 4 is 17.0 Å². The fourth-order valence-electron chi connectivity index (χ4n) is 3.78. The number of H-pyrrole nitrogens is 1. The third-order valence-corrected chi connectivity index (χ3v) is 5.42. The van der Waals surface area contributed by atoms with Gasteiger partial charge in [0.1, 0.15) is 11.0 Å². The molecule has 5 rings (SSSR count). The number of fused-ring (bicyclic) bond motifs is 2. The Bertz CT molecular complexity index is 1280. The number of alkyl halides is 3. The number of aromatic nitrogens is 4. The summed E-state index contributed by atoms with van der Waals surface area (Å²) in [6.45, 7) is 4.82. The highest BCUT2D eigenvalue weighted by Gasteiger charge is 2.38. The lowest BCUT2D eigenvalue weighted by atomic mass is 9.98. The van der Waals surface area contributed by atoms with Crippen LogP contribution in [0, 0.1) is 6.92 Å². The van der Waals surface area contributed by atoms with E-state index in [-0.39, 0.29) is 0 Å². The van der Waals surface area contributed by atoms with Crippen molar-refractivity contribution in [2.24, 2.45) is 0 Å². The Kier molecular flexibility index (Phi) is 6.14. The number of carbonyl (C=O) groups is 1. The molecule has 1 aliphatic rings. The van der Waals surface area contributed by atoms with Crippen LogP contribution in [0.2, 0.25) is 0 Å². The highest BCUT2D eigenvalue weighted by molar-refractivity contribution is 5.76. The van der Waals surface area contributed by atoms with Crippen LogP contribution >= 0.6 is 0 Å². The maximum absolute atomic E-state index is 10.6. The van der Waals surface area contributed by atoms with E-state index >= 15 is 0 Å². The first-order chi connectivity index (χ1) is 15.7. The van der Waals surface area contributed by atoms with Crippen LogP contribution in [0.25, 0.3) is 22.3 Å². The SMILES string of the molecule is Cc1ccccc1-c1n[nH]c2c1CN(Cc1cccc3nonc13)CC2.O=C(O)C(F)(F)F. The zero-order valence-corrected chi connectivity index (χ0v) is 17.6. The zero-order chi connectivity index (χ0) is 23.6. The van der Waals surface area contributed by atoms with E-state index in [2.05, 4.69) is 62.7 Å². The topological polar surface area (TPSA) is 108 Å². The van der Waals surface area contributed by atoms with Crippen molar-refractivity contribution in [3.05, 3.63) is 64.8 Å². The van der Waals surface area contributed by atoms with Crippen LogP contribution in [0.4, 0.5) is 13.2 Å². The van der Waals surface area contributed by atoms with E-state index in [9.17, 15) is 13.2 Å². The van der Waals surface area contributed by atoms with Crippen LogP contribution < -0.4 is 0 Å². The van der Waals surface area contributed by atoms with Crippen molar-refractivity contribution in [3.8, 4) is 11.3 Å². The van der Waals surface area contributed by atoms with Gasteiger partial charge < -0.3 is 5.11 Å². The van der Waals surface area contributed by atoms with Crippen LogP contribution in [0.15, 0.2) is 47.1 Å². The van der Waals surface area contributed by atoms with E-state index < -0.39 is 12.1 Å². The molecule has 172 valence electrons. The summed E-state index contributed by atoms with van der Waals surface area (Å²) in [4.78, 5) is 11.3. The number of benzene rings is 2. The minimum absolute atomic E-state index is 0.809. The van der Waals surface area contributed by atoms with Gasteiger partial charge in [-0.1, -0.05) is 36.4 Å². The second kappa shape index (κ2) is 9.02. The number of nitrogens with zero attached hydrogens (tertiary/aromatic N) is 4. The van der Waals surface area contributed by atoms with Crippen LogP contribution in [0.3, 0.4) is 0 Å². The summed E-state index contributed by atoms with van der Waals surface area (Å²) in [6, 6.07) is 14.4. The summed E-state index contributed by atoms with van der Waals surface area (Å²) in [5.41, 5.74) is 8.88. The molecule has 4 aromatic rings. The van der Waals surface area contributed by atoms with Crippen LogP contribution in [-0.4, -0.2) is 49.2 Å². The minimum Gasteiger partial charge on any atom is -0.475 e. The standard InChI is InChI=1S/C20H19N5O.C2HF3O2/c1-13-5-2-3-7-15(13)20-16-12-25(10-9-17(16)21-22-20)11-14-6-4-8-18-19(14)24-26-23-18;3-2(4,5)1(6)7/h2-8H,9-12H2,1H3,(H,21,22);(H,6,7). The van der Waals surface area contributed by atoms with E-state index in [1.54, 1.807) is 0 Å². The maximum atomic E-state index is 10.6. The maximum Gasteiger partial charge on any atom is 0.490 e. The Morgan fingerprint density at radius 1 is 1.18 bits per heavy atom. The van der Waals surface area contributed by atoms with Gasteiger partial charge in [0.2, 0.25) is 0 Å². The molecule has 0 saturated carbocycles. The van der Waals surface area contributed by atoms with Gasteiger partial charge in [0, 0.05) is 42.9 Å². The number of rotatable bonds is 3. The van der Waals surface area contributed by atoms with Crippen molar-refractivity contribution in [1.82, 2.24) is 25.4 Å². The van der Waals surface area contributed by atoms with Crippen molar-refractivity contribution < 1.29 is 27.7 Å². The third-order valence-electron chi connectivity index (χ3n) is 5.42. The lowest BCUT2D eigenvalue weighted by Crippen LogP contribution is -2.30. The molecule has 0 unspecified atom stereocenters. The van der Waals surface area contributed by atoms with Gasteiger partial charge in [-0.15, -0.1) is 0 Å². The second-order valence-electron chi connectivity index (χ2n) is 7.66. The number of aliphatic carboxylic acids is 1. The Hall–Kier alpha value is -3.73. The van der Waals surface area contributed by atoms with Gasteiger partial charge >= 0.3 is 12.1 Å². The van der Waals surface area contributed by atoms with Crippen molar-refractivity contribution in [3.63, 3.8) is 0 Å². The molecule has 1 aliphatic heterocycles. The predicted molar refractivity (Wildman–Crippen MR) is 112 cm³/mol. The Labute approximate surface area is 186 Å². The third kappa shape index (κ3) is 4.87. The van der Waals surface area contributed by atoms with Crippen molar-refractivity contribution in [2.45, 2.75) is 32.6 Å². The van der Waals surface area contributed by atoms with Gasteiger partial charge in [0.05, 0.1) is 5.69 Å². The molecule has 0 aliphatic carbocycles. The first-order valence-corrected chi connectivity index (χ1v) is 10.1. The van der Waals surface area contributed by atoms with E-state index in [4.69, 9.17) is 14.5 Å². The molecular formula is C22H20F3N5O3. The van der Waals surface area contributed by atoms with Gasteiger partial charge in [-0.05, 0) is 34.4 Å². The number of hydrogen-bond acceptors (Lipinski definition) is 6. The molecule has 0 amide bonds. The molecule has 2 aromatic carbocycles. The summed E-state index contributed by atoms with van der Waals surface area (Å²) < 4.78 is 36.6. The molecule has 0 atom stereocenters. The summed E-state index contributed by atoms with van der Waals surface area (Å²) >= 11 is 0. The number of nitrogens with one attached hydrogen (secondary N) is 1. The smallest absolute Gasteiger partial charge is 0.475 e. The molecule has 3 heterocycles. The van der Waals surface area contributed by atoms with Gasteiger partial charge in [-0.3, -0.25) is 10.00 Å². The number of hydrogen-bond donors (Lipinski definition) is 2. The Morgan fingerprint density at radius 3 is 2.67 bits per heavy atom. The fraction of sp³-hybridized carbons (Fsp3) is 0.273. The zero-order valence-electron chi connectivity index (χ0n) is 17.6. The average Bonchev–Trinajstić information content (AvgIpc) is 3.41. The molecule has 0 radical (unpaired) electrons. The summed E-state index contributed by atoms with van der Waals surface area (Å²) in [7, 11) is 0. The van der Waals surface area contributed by atoms with Crippen LogP contribution in [0.1, 0.15) is 22.4 Å². The average molecular weight is 459 g/mol. The van der Waals surface area contributed by atoms with Gasteiger partial charge in [-0.25, -0.2) is 9.42 Å². The molecule has 11 heteroatoms. The van der Waals surface area contributed by atoms with E-state index in [1.807, 2.05) is 12.1 Å². The molecule has 0 saturated heterocycles. The quantitative estimate of drug-likeness (QED) is 0.475. The number of aryl methyl sites for hydroxylation is 1. The highest BCUT2D eigenvalue weighted by Crippen LogP contribution is 2.31. The van der Waals surface area contributed by atoms with Crippen LogP contribution in [-0.2, 0) is 24.3 Å². The first-order valence-electron chi connectivity index (χ1n) is 10.1. The first kappa shape index (κ1) is 22.5. The van der Waals surface area contributed by atoms with E-state index in [0.717, 1.165) is 48.3 Å². The van der Waals surface area contributed by atoms with Crippen LogP contribution in [0.5, 0.6) is 0 Å². The molecular weight excluding hydrogens is 439 g/mol. The van der Waals surface area contributed by atoms with Gasteiger partial charge in [-0.2, -0.15) is 18.3 Å². The number of halogens is 3. The molecule has 0 fully saturated rings. The van der Waals surface area contributed by atoms with E-state index in [0.29, 0.717) is 0 Å². The predicted octanol–water partition coefficient (Wildman–Crippen LogP) is 4.11. The largest absolute Gasteiger partial charge is 0.490 e. The molecule has 33 heavy (non-hydrogen) atoms. The lowest BCUT2D eigenvalue weighted by Gasteiger charge is -2.27. The lowest BCUT2D eigenvalue weighted by molar-refractivity contribution is -0.192. The molecule has 2 N–H and O–H groups in total. The summed E-state index contributed by atoms with van der Waals surface area (Å²) in [5, 5.41) is 23.0. The van der Waals surface area contributed by atoms with Gasteiger partial charge in [0.15, 0.2) is 0 Å². The molecule has 0 spiro atoms. The number of aromatic amines is 1. The van der Waals surface area contributed by atoms with Crippen molar-refractivity contribution in [2.75, 3.05) is 6.54 Å². The van der Waals surface area contributed by atoms with E-state index in [1.165, 1.54) is 22.4 Å². The molecule has 2 aromatic heterocycles. The summed E-state index contributed by atoms with van der Waals surface area (Å²) in [5.74, 6) is -2.76. The highest BCUT2D eigenvalue weighted by atomic mass is 19.4. The normalized spacial score (nSPS) is 13.9. The number of carboxylic acid groups (broad SMARTS) is 1. The Morgan fingerprint density at radius 2 is 1.94 bits per heavy atom. The molecule has 8 nitrogen and oxygen atoms in total. The monoisotopic (exact) mass is 459 g/mol. The fourth-order valence-corrected chi connectivity index (χ4v) is 3.78. The minimum atomic E-state index is -5.08. The Balaban J connectivity index is 0.000000325. The second-order valence-corrected chi connectivity index (χ2v) is 7.66. The summed E-state index contributed by atoms with van der Waals surface area (Å²) in [6.07, 6.45) is -4.11. The van der Waals surface area contributed by atoms with Gasteiger partial charge in [0.25, 0.3) is 0 Å². The molecule has 0 bridgehead atoms.